The number of nitrogens with zero attached hydrogens (tertiary/aromatic N) is 2. The van der Waals surface area contributed by atoms with E-state index in [-0.39, 0.29) is 0 Å². The van der Waals surface area contributed by atoms with Crippen LogP contribution in [0.2, 0.25) is 0 Å². The SMILES string of the molecule is CCCc1nc(NC2CC2)ncc1CNC1CC1. The molecule has 0 aromatic carbocycles. The van der Waals surface area contributed by atoms with E-state index in [1.165, 1.54) is 36.9 Å². The van der Waals surface area contributed by atoms with Gasteiger partial charge < -0.3 is 10.6 Å². The summed E-state index contributed by atoms with van der Waals surface area (Å²) in [7, 11) is 0. The molecule has 0 unspecified atom stereocenters. The summed E-state index contributed by atoms with van der Waals surface area (Å²) in [6, 6.07) is 1.36. The quantitative estimate of drug-likeness (QED) is 0.775. The lowest BCUT2D eigenvalue weighted by atomic mass is 10.1. The molecular weight excluding hydrogens is 224 g/mol. The van der Waals surface area contributed by atoms with Crippen LogP contribution in [0.3, 0.4) is 0 Å². The number of aryl methyl sites for hydroxylation is 1. The number of rotatable bonds is 7. The molecule has 98 valence electrons. The molecule has 3 rings (SSSR count). The molecule has 0 atom stereocenters. The first-order valence-corrected chi connectivity index (χ1v) is 7.20. The van der Waals surface area contributed by atoms with Gasteiger partial charge in [0, 0.05) is 30.4 Å². The van der Waals surface area contributed by atoms with Crippen molar-refractivity contribution in [1.29, 1.82) is 0 Å². The molecule has 2 fully saturated rings. The standard InChI is InChI=1S/C14H22N4/c1-2-3-13-10(8-15-11-4-5-11)9-16-14(18-13)17-12-6-7-12/h9,11-12,15H,2-8H2,1H3,(H,16,17,18). The maximum atomic E-state index is 4.68. The summed E-state index contributed by atoms with van der Waals surface area (Å²) < 4.78 is 0. The minimum Gasteiger partial charge on any atom is -0.351 e. The third kappa shape index (κ3) is 3.19. The van der Waals surface area contributed by atoms with Crippen LogP contribution in [0.1, 0.15) is 50.3 Å². The fraction of sp³-hybridized carbons (Fsp3) is 0.714. The number of nitrogens with one attached hydrogen (secondary N) is 2. The number of hydrogen-bond acceptors (Lipinski definition) is 4. The topological polar surface area (TPSA) is 49.8 Å². The van der Waals surface area contributed by atoms with Crippen molar-refractivity contribution in [3.8, 4) is 0 Å². The third-order valence-corrected chi connectivity index (χ3v) is 3.51. The highest BCUT2D eigenvalue weighted by atomic mass is 15.1. The van der Waals surface area contributed by atoms with E-state index < -0.39 is 0 Å². The average molecular weight is 246 g/mol. The van der Waals surface area contributed by atoms with Crippen LogP contribution in [0.5, 0.6) is 0 Å². The summed E-state index contributed by atoms with van der Waals surface area (Å²) in [5.74, 6) is 0.816. The van der Waals surface area contributed by atoms with Crippen molar-refractivity contribution in [2.45, 2.75) is 64.1 Å². The van der Waals surface area contributed by atoms with E-state index in [0.717, 1.165) is 31.4 Å². The van der Waals surface area contributed by atoms with Crippen molar-refractivity contribution in [2.75, 3.05) is 5.32 Å². The molecule has 2 N–H and O–H groups in total. The van der Waals surface area contributed by atoms with Crippen molar-refractivity contribution in [3.05, 3.63) is 17.5 Å². The minimum atomic E-state index is 0.620. The maximum absolute atomic E-state index is 4.68. The van der Waals surface area contributed by atoms with E-state index in [1.54, 1.807) is 0 Å². The van der Waals surface area contributed by atoms with E-state index in [4.69, 9.17) is 0 Å². The largest absolute Gasteiger partial charge is 0.351 e. The molecule has 1 heterocycles. The maximum Gasteiger partial charge on any atom is 0.223 e. The summed E-state index contributed by atoms with van der Waals surface area (Å²) in [4.78, 5) is 9.12. The molecule has 0 spiro atoms. The first-order valence-electron chi connectivity index (χ1n) is 7.20. The summed E-state index contributed by atoms with van der Waals surface area (Å²) >= 11 is 0. The number of anilines is 1. The smallest absolute Gasteiger partial charge is 0.223 e. The number of aromatic nitrogens is 2. The Kier molecular flexibility index (Phi) is 3.46. The van der Waals surface area contributed by atoms with E-state index >= 15 is 0 Å². The lowest BCUT2D eigenvalue weighted by molar-refractivity contribution is 0.672. The fourth-order valence-electron chi connectivity index (χ4n) is 2.06. The monoisotopic (exact) mass is 246 g/mol. The zero-order chi connectivity index (χ0) is 12.4. The van der Waals surface area contributed by atoms with Crippen LogP contribution < -0.4 is 10.6 Å². The zero-order valence-corrected chi connectivity index (χ0v) is 11.1. The van der Waals surface area contributed by atoms with Crippen molar-refractivity contribution in [2.24, 2.45) is 0 Å². The lowest BCUT2D eigenvalue weighted by Gasteiger charge is -2.11. The summed E-state index contributed by atoms with van der Waals surface area (Å²) in [6.07, 6.45) is 9.35. The molecule has 0 radical (unpaired) electrons. The number of hydrogen-bond donors (Lipinski definition) is 2. The molecule has 4 heteroatoms. The predicted octanol–water partition coefficient (Wildman–Crippen LogP) is 2.26. The van der Waals surface area contributed by atoms with Gasteiger partial charge in [-0.15, -0.1) is 0 Å². The molecule has 0 bridgehead atoms. The van der Waals surface area contributed by atoms with Gasteiger partial charge in [0.1, 0.15) is 0 Å². The Balaban J connectivity index is 1.68. The van der Waals surface area contributed by atoms with Crippen LogP contribution in [0.25, 0.3) is 0 Å². The highest BCUT2D eigenvalue weighted by molar-refractivity contribution is 5.32. The molecule has 18 heavy (non-hydrogen) atoms. The highest BCUT2D eigenvalue weighted by Gasteiger charge is 2.23. The Hall–Kier alpha value is -1.16. The van der Waals surface area contributed by atoms with Gasteiger partial charge in [0.05, 0.1) is 5.69 Å². The van der Waals surface area contributed by atoms with E-state index in [9.17, 15) is 0 Å². The van der Waals surface area contributed by atoms with E-state index in [2.05, 4.69) is 27.5 Å². The van der Waals surface area contributed by atoms with Gasteiger partial charge in [-0.3, -0.25) is 0 Å². The van der Waals surface area contributed by atoms with Gasteiger partial charge in [0.2, 0.25) is 5.95 Å². The second kappa shape index (κ2) is 5.22. The van der Waals surface area contributed by atoms with Gasteiger partial charge in [-0.2, -0.15) is 0 Å². The Morgan fingerprint density at radius 2 is 2.00 bits per heavy atom. The molecule has 4 nitrogen and oxygen atoms in total. The Morgan fingerprint density at radius 1 is 1.22 bits per heavy atom. The average Bonchev–Trinajstić information content (AvgIpc) is 3.24. The van der Waals surface area contributed by atoms with Crippen LogP contribution in [-0.2, 0) is 13.0 Å². The molecule has 1 aromatic heterocycles. The predicted molar refractivity (Wildman–Crippen MR) is 72.5 cm³/mol. The summed E-state index contributed by atoms with van der Waals surface area (Å²) in [5, 5.41) is 6.92. The van der Waals surface area contributed by atoms with Crippen LogP contribution in [0.4, 0.5) is 5.95 Å². The molecule has 0 amide bonds. The molecule has 2 saturated carbocycles. The molecule has 0 aliphatic heterocycles. The normalized spacial score (nSPS) is 18.9. The van der Waals surface area contributed by atoms with Gasteiger partial charge in [-0.25, -0.2) is 9.97 Å². The van der Waals surface area contributed by atoms with Crippen molar-refractivity contribution >= 4 is 5.95 Å². The Bertz CT molecular complexity index is 410. The van der Waals surface area contributed by atoms with Gasteiger partial charge in [0.15, 0.2) is 0 Å². The van der Waals surface area contributed by atoms with Gasteiger partial charge in [-0.05, 0) is 32.1 Å². The zero-order valence-electron chi connectivity index (χ0n) is 11.1. The second-order valence-electron chi connectivity index (χ2n) is 5.49. The van der Waals surface area contributed by atoms with Crippen LogP contribution in [0.15, 0.2) is 6.20 Å². The van der Waals surface area contributed by atoms with E-state index in [1.807, 2.05) is 6.20 Å². The summed E-state index contributed by atoms with van der Waals surface area (Å²) in [6.45, 7) is 3.12. The van der Waals surface area contributed by atoms with Crippen LogP contribution in [0, 0.1) is 0 Å². The lowest BCUT2D eigenvalue weighted by Crippen LogP contribution is -2.18. The molecule has 2 aliphatic rings. The third-order valence-electron chi connectivity index (χ3n) is 3.51. The van der Waals surface area contributed by atoms with Crippen molar-refractivity contribution in [3.63, 3.8) is 0 Å². The van der Waals surface area contributed by atoms with Crippen LogP contribution in [-0.4, -0.2) is 22.1 Å². The summed E-state index contributed by atoms with van der Waals surface area (Å²) in [5.41, 5.74) is 2.48. The molecule has 2 aliphatic carbocycles. The molecular formula is C14H22N4. The van der Waals surface area contributed by atoms with Gasteiger partial charge >= 0.3 is 0 Å². The van der Waals surface area contributed by atoms with Crippen molar-refractivity contribution in [1.82, 2.24) is 15.3 Å². The van der Waals surface area contributed by atoms with Crippen LogP contribution >= 0.6 is 0 Å². The van der Waals surface area contributed by atoms with Crippen molar-refractivity contribution < 1.29 is 0 Å². The fourth-order valence-corrected chi connectivity index (χ4v) is 2.06. The van der Waals surface area contributed by atoms with Gasteiger partial charge in [-0.1, -0.05) is 13.3 Å². The van der Waals surface area contributed by atoms with E-state index in [0.29, 0.717) is 6.04 Å². The Labute approximate surface area is 109 Å². The Morgan fingerprint density at radius 3 is 2.67 bits per heavy atom. The van der Waals surface area contributed by atoms with Gasteiger partial charge in [0.25, 0.3) is 0 Å². The molecule has 0 saturated heterocycles. The second-order valence-corrected chi connectivity index (χ2v) is 5.49. The first-order chi connectivity index (χ1) is 8.85. The first kappa shape index (κ1) is 11.9. The molecule has 1 aromatic rings. The minimum absolute atomic E-state index is 0.620. The highest BCUT2D eigenvalue weighted by Crippen LogP contribution is 2.24.